The molecule has 0 saturated heterocycles. The molecule has 0 radical (unpaired) electrons. The van der Waals surface area contributed by atoms with Crippen molar-refractivity contribution in [3.63, 3.8) is 0 Å². The molecule has 168 valence electrons. The van der Waals surface area contributed by atoms with Crippen molar-refractivity contribution >= 4 is 27.6 Å². The number of hydrogen-bond donors (Lipinski definition) is 0. The normalized spacial score (nSPS) is 11.7. The molecule has 0 unspecified atom stereocenters. The van der Waals surface area contributed by atoms with E-state index in [2.05, 4.69) is 115 Å². The summed E-state index contributed by atoms with van der Waals surface area (Å²) in [5.41, 5.74) is 7.26. The molecule has 1 aliphatic carbocycles. The lowest BCUT2D eigenvalue weighted by Gasteiger charge is -2.17. The number of benzene rings is 5. The zero-order valence-electron chi connectivity index (χ0n) is 20.3. The zero-order valence-corrected chi connectivity index (χ0v) is 20.3. The lowest BCUT2D eigenvalue weighted by molar-refractivity contribution is 1.28. The van der Waals surface area contributed by atoms with Gasteiger partial charge in [0.2, 0.25) is 0 Å². The zero-order chi connectivity index (χ0) is 24.0. The van der Waals surface area contributed by atoms with Crippen LogP contribution in [0.2, 0.25) is 0 Å². The number of rotatable bonds is 1. The van der Waals surface area contributed by atoms with E-state index in [1.54, 1.807) is 0 Å². The molecule has 35 heavy (non-hydrogen) atoms. The Labute approximate surface area is 208 Å². The first-order valence-electron chi connectivity index (χ1n) is 12.4. The van der Waals surface area contributed by atoms with Gasteiger partial charge < -0.3 is 0 Å². The van der Waals surface area contributed by atoms with Crippen molar-refractivity contribution in [2.45, 2.75) is 20.3 Å². The molecule has 0 heteroatoms. The summed E-state index contributed by atoms with van der Waals surface area (Å²) in [4.78, 5) is 0. The van der Waals surface area contributed by atoms with Crippen LogP contribution in [0, 0.1) is 11.8 Å². The van der Waals surface area contributed by atoms with Crippen molar-refractivity contribution < 1.29 is 0 Å². The monoisotopic (exact) mass is 448 g/mol. The van der Waals surface area contributed by atoms with Gasteiger partial charge in [0, 0.05) is 11.1 Å². The van der Waals surface area contributed by atoms with Crippen molar-refractivity contribution in [1.82, 2.24) is 0 Å². The Morgan fingerprint density at radius 1 is 0.600 bits per heavy atom. The molecule has 5 aromatic carbocycles. The Morgan fingerprint density at radius 2 is 1.29 bits per heavy atom. The van der Waals surface area contributed by atoms with Crippen LogP contribution in [-0.4, -0.2) is 0 Å². The molecule has 0 fully saturated rings. The lowest BCUT2D eigenvalue weighted by atomic mass is 9.86. The Kier molecular flexibility index (Phi) is 6.60. The number of allylic oxidation sites excluding steroid dienone is 3. The average Bonchev–Trinajstić information content (AvgIpc) is 3.17. The molecular weight excluding hydrogens is 420 g/mol. The number of fused-ring (bicyclic) bond motifs is 3. The van der Waals surface area contributed by atoms with E-state index < -0.39 is 0 Å². The van der Waals surface area contributed by atoms with Crippen LogP contribution in [0.1, 0.15) is 36.1 Å². The van der Waals surface area contributed by atoms with Crippen molar-refractivity contribution in [2.75, 3.05) is 0 Å². The van der Waals surface area contributed by atoms with Gasteiger partial charge in [0.15, 0.2) is 0 Å². The SMILES string of the molecule is C(#Cc1c2ccccc2c(-c2ccccc2)c2cc3c(cc12)C=CC=CC3)c1ccccc1.CC. The van der Waals surface area contributed by atoms with E-state index in [0.29, 0.717) is 0 Å². The van der Waals surface area contributed by atoms with Gasteiger partial charge in [-0.1, -0.05) is 123 Å². The fourth-order valence-electron chi connectivity index (χ4n) is 4.76. The van der Waals surface area contributed by atoms with Gasteiger partial charge in [0.25, 0.3) is 0 Å². The molecule has 5 aromatic rings. The van der Waals surface area contributed by atoms with E-state index in [4.69, 9.17) is 0 Å². The van der Waals surface area contributed by atoms with E-state index in [-0.39, 0.29) is 0 Å². The summed E-state index contributed by atoms with van der Waals surface area (Å²) in [6.07, 6.45) is 9.64. The summed E-state index contributed by atoms with van der Waals surface area (Å²) >= 11 is 0. The van der Waals surface area contributed by atoms with Crippen LogP contribution in [0.15, 0.2) is 115 Å². The van der Waals surface area contributed by atoms with Gasteiger partial charge >= 0.3 is 0 Å². The third-order valence-electron chi connectivity index (χ3n) is 6.31. The van der Waals surface area contributed by atoms with Gasteiger partial charge in [-0.15, -0.1) is 0 Å². The maximum absolute atomic E-state index is 3.56. The predicted molar refractivity (Wildman–Crippen MR) is 153 cm³/mol. The van der Waals surface area contributed by atoms with Crippen molar-refractivity contribution in [3.05, 3.63) is 138 Å². The van der Waals surface area contributed by atoms with E-state index >= 15 is 0 Å². The second kappa shape index (κ2) is 10.3. The molecule has 0 atom stereocenters. The predicted octanol–water partition coefficient (Wildman–Crippen LogP) is 9.21. The van der Waals surface area contributed by atoms with Crippen molar-refractivity contribution in [3.8, 4) is 23.0 Å². The summed E-state index contributed by atoms with van der Waals surface area (Å²) in [6, 6.07) is 34.4. The maximum Gasteiger partial charge on any atom is 0.0406 e. The van der Waals surface area contributed by atoms with Crippen LogP contribution in [0.4, 0.5) is 0 Å². The summed E-state index contributed by atoms with van der Waals surface area (Å²) < 4.78 is 0. The maximum atomic E-state index is 3.56. The summed E-state index contributed by atoms with van der Waals surface area (Å²) in [7, 11) is 0. The number of hydrogen-bond acceptors (Lipinski definition) is 0. The minimum Gasteiger partial charge on any atom is -0.0801 e. The molecule has 0 aromatic heterocycles. The second-order valence-corrected chi connectivity index (χ2v) is 8.37. The molecule has 0 heterocycles. The van der Waals surface area contributed by atoms with Gasteiger partial charge in [0.1, 0.15) is 0 Å². The molecule has 0 nitrogen and oxygen atoms in total. The molecule has 0 bridgehead atoms. The minimum atomic E-state index is 0.935. The Balaban J connectivity index is 0.00000124. The van der Waals surface area contributed by atoms with Gasteiger partial charge in [-0.3, -0.25) is 0 Å². The largest absolute Gasteiger partial charge is 0.0801 e. The molecule has 1 aliphatic rings. The Morgan fingerprint density at radius 3 is 2.06 bits per heavy atom. The smallest absolute Gasteiger partial charge is 0.0406 e. The van der Waals surface area contributed by atoms with Crippen molar-refractivity contribution in [2.24, 2.45) is 0 Å². The topological polar surface area (TPSA) is 0 Å². The fraction of sp³-hybridized carbons (Fsp3) is 0.0857. The highest BCUT2D eigenvalue weighted by Crippen LogP contribution is 2.40. The second-order valence-electron chi connectivity index (χ2n) is 8.37. The quantitative estimate of drug-likeness (QED) is 0.177. The summed E-state index contributed by atoms with van der Waals surface area (Å²) in [5.74, 6) is 6.97. The van der Waals surface area contributed by atoms with Crippen molar-refractivity contribution in [1.29, 1.82) is 0 Å². The average molecular weight is 449 g/mol. The first-order chi connectivity index (χ1) is 17.4. The fourth-order valence-corrected chi connectivity index (χ4v) is 4.76. The third-order valence-corrected chi connectivity index (χ3v) is 6.31. The highest BCUT2D eigenvalue weighted by atomic mass is 14.2. The molecule has 0 amide bonds. The van der Waals surface area contributed by atoms with E-state index in [1.165, 1.54) is 43.8 Å². The van der Waals surface area contributed by atoms with Crippen LogP contribution in [0.25, 0.3) is 38.7 Å². The standard InChI is InChI=1S/C33H22.C2H6/c1-4-12-24(13-5-1)20-21-29-28-18-10-11-19-30(28)33(25-14-6-2-7-15-25)32-23-27-17-9-3-8-16-26(27)22-31(29)32;1-2/h1-16,18-19,22-23H,17H2;1-2H3. The first kappa shape index (κ1) is 22.5. The third kappa shape index (κ3) is 4.42. The Hall–Kier alpha value is -4.34. The van der Waals surface area contributed by atoms with Crippen LogP contribution in [0.3, 0.4) is 0 Å². The van der Waals surface area contributed by atoms with Crippen LogP contribution < -0.4 is 0 Å². The van der Waals surface area contributed by atoms with Crippen LogP contribution >= 0.6 is 0 Å². The van der Waals surface area contributed by atoms with Gasteiger partial charge in [0.05, 0.1) is 0 Å². The van der Waals surface area contributed by atoms with Gasteiger partial charge in [-0.2, -0.15) is 0 Å². The summed E-state index contributed by atoms with van der Waals surface area (Å²) in [6.45, 7) is 4.00. The molecule has 6 rings (SSSR count). The molecule has 0 aliphatic heterocycles. The van der Waals surface area contributed by atoms with E-state index in [0.717, 1.165) is 17.5 Å². The van der Waals surface area contributed by atoms with E-state index in [1.807, 2.05) is 32.0 Å². The minimum absolute atomic E-state index is 0.935. The van der Waals surface area contributed by atoms with Crippen LogP contribution in [-0.2, 0) is 6.42 Å². The molecule has 0 spiro atoms. The van der Waals surface area contributed by atoms with Gasteiger partial charge in [-0.05, 0) is 74.5 Å². The Bertz CT molecular complexity index is 1610. The molecular formula is C35H28. The lowest BCUT2D eigenvalue weighted by Crippen LogP contribution is -1.94. The van der Waals surface area contributed by atoms with E-state index in [9.17, 15) is 0 Å². The highest BCUT2D eigenvalue weighted by Gasteiger charge is 2.16. The van der Waals surface area contributed by atoms with Crippen LogP contribution in [0.5, 0.6) is 0 Å². The molecule has 0 saturated carbocycles. The first-order valence-corrected chi connectivity index (χ1v) is 12.4. The van der Waals surface area contributed by atoms with Gasteiger partial charge in [-0.25, -0.2) is 0 Å². The highest BCUT2D eigenvalue weighted by molar-refractivity contribution is 6.17. The summed E-state index contributed by atoms with van der Waals surface area (Å²) in [5, 5.41) is 4.91. The molecule has 0 N–H and O–H groups in total.